The second kappa shape index (κ2) is 14.4. The van der Waals surface area contributed by atoms with Gasteiger partial charge in [0.25, 0.3) is 0 Å². The molecular weight excluding hydrogens is 560 g/mol. The lowest BCUT2D eigenvalue weighted by atomic mass is 9.81. The number of benzene rings is 4. The topological polar surface area (TPSA) is 97.7 Å². The van der Waals surface area contributed by atoms with Crippen LogP contribution in [0.25, 0.3) is 0 Å². The van der Waals surface area contributed by atoms with Crippen LogP contribution in [0.4, 0.5) is 4.79 Å². The standard InChI is InChI=1S/C35H32N2O5S/c36-30(31(38)27-19-11-4-12-20-27)28(21-24-13-5-1-6-14-24)32-33(42-35(43)41-32)29(22-25-15-7-2-8-16-25)37-34(39)40-23-26-17-9-3-10-18-26/h1-20,28-29,32-33,36H,21-23H2,(H,37,39)/t28-,29+,32-,33-/m0/s1. The molecule has 0 aromatic heterocycles. The number of carbonyl (C=O) groups is 2. The van der Waals surface area contributed by atoms with Crippen molar-refractivity contribution in [3.63, 3.8) is 0 Å². The van der Waals surface area contributed by atoms with Crippen LogP contribution in [0.5, 0.6) is 0 Å². The van der Waals surface area contributed by atoms with Crippen LogP contribution in [0.3, 0.4) is 0 Å². The van der Waals surface area contributed by atoms with Gasteiger partial charge in [-0.25, -0.2) is 4.79 Å². The molecule has 0 bridgehead atoms. The van der Waals surface area contributed by atoms with Crippen molar-refractivity contribution in [1.82, 2.24) is 5.32 Å². The minimum absolute atomic E-state index is 0.0921. The molecule has 0 spiro atoms. The van der Waals surface area contributed by atoms with Gasteiger partial charge in [-0.1, -0.05) is 121 Å². The molecule has 0 saturated carbocycles. The fourth-order valence-corrected chi connectivity index (χ4v) is 5.43. The maximum atomic E-state index is 13.5. The quantitative estimate of drug-likeness (QED) is 0.113. The predicted octanol–water partition coefficient (Wildman–Crippen LogP) is 6.35. The summed E-state index contributed by atoms with van der Waals surface area (Å²) in [6.45, 7) is 0.0987. The van der Waals surface area contributed by atoms with Crippen molar-refractivity contribution in [2.75, 3.05) is 0 Å². The van der Waals surface area contributed by atoms with Gasteiger partial charge in [-0.2, -0.15) is 0 Å². The summed E-state index contributed by atoms with van der Waals surface area (Å²) in [6, 6.07) is 36.7. The number of alkyl carbamates (subject to hydrolysis) is 1. The largest absolute Gasteiger partial charge is 0.449 e. The zero-order chi connectivity index (χ0) is 30.0. The predicted molar refractivity (Wildman–Crippen MR) is 168 cm³/mol. The molecule has 8 heteroatoms. The Kier molecular flexibility index (Phi) is 9.92. The van der Waals surface area contributed by atoms with Crippen molar-refractivity contribution >= 4 is 35.0 Å². The molecular formula is C35H32N2O5S. The molecule has 1 aliphatic rings. The van der Waals surface area contributed by atoms with E-state index in [4.69, 9.17) is 31.8 Å². The van der Waals surface area contributed by atoms with E-state index >= 15 is 0 Å². The van der Waals surface area contributed by atoms with E-state index in [2.05, 4.69) is 5.32 Å². The summed E-state index contributed by atoms with van der Waals surface area (Å²) in [5.74, 6) is -1.13. The van der Waals surface area contributed by atoms with Crippen molar-refractivity contribution in [3.8, 4) is 0 Å². The van der Waals surface area contributed by atoms with Crippen molar-refractivity contribution in [2.24, 2.45) is 5.92 Å². The monoisotopic (exact) mass is 592 g/mol. The van der Waals surface area contributed by atoms with E-state index in [1.807, 2.05) is 97.1 Å². The molecule has 4 aromatic carbocycles. The van der Waals surface area contributed by atoms with Crippen LogP contribution in [0.1, 0.15) is 27.0 Å². The minimum atomic E-state index is -0.823. The van der Waals surface area contributed by atoms with E-state index in [1.165, 1.54) is 0 Å². The summed E-state index contributed by atoms with van der Waals surface area (Å²) < 4.78 is 17.7. The van der Waals surface area contributed by atoms with Gasteiger partial charge in [0.15, 0.2) is 12.2 Å². The fraction of sp³-hybridized carbons (Fsp3) is 0.200. The van der Waals surface area contributed by atoms with Crippen LogP contribution in [0.2, 0.25) is 0 Å². The summed E-state index contributed by atoms with van der Waals surface area (Å²) in [6.07, 6.45) is -1.53. The molecule has 4 atom stereocenters. The summed E-state index contributed by atoms with van der Waals surface area (Å²) in [4.78, 5) is 26.6. The molecule has 1 fully saturated rings. The zero-order valence-electron chi connectivity index (χ0n) is 23.4. The maximum absolute atomic E-state index is 13.5. The number of amides is 1. The molecule has 1 amide bonds. The maximum Gasteiger partial charge on any atom is 0.407 e. The highest BCUT2D eigenvalue weighted by molar-refractivity contribution is 7.79. The van der Waals surface area contributed by atoms with Crippen LogP contribution in [-0.2, 0) is 33.7 Å². The van der Waals surface area contributed by atoms with E-state index < -0.39 is 36.0 Å². The number of thiocarbonyl (C=S) groups is 1. The Morgan fingerprint density at radius 2 is 1.21 bits per heavy atom. The van der Waals surface area contributed by atoms with Gasteiger partial charge in [-0.15, -0.1) is 0 Å². The molecule has 5 rings (SSSR count). The third-order valence-electron chi connectivity index (χ3n) is 7.35. The summed E-state index contributed by atoms with van der Waals surface area (Å²) in [7, 11) is 0. The Labute approximate surface area is 256 Å². The zero-order valence-corrected chi connectivity index (χ0v) is 24.2. The lowest BCUT2D eigenvalue weighted by molar-refractivity contribution is 0.0797. The first kappa shape index (κ1) is 29.7. The van der Waals surface area contributed by atoms with E-state index in [0.29, 0.717) is 18.4 Å². The lowest BCUT2D eigenvalue weighted by Gasteiger charge is -2.31. The van der Waals surface area contributed by atoms with E-state index in [0.717, 1.165) is 16.7 Å². The van der Waals surface area contributed by atoms with Gasteiger partial charge in [0, 0.05) is 23.7 Å². The second-order valence-corrected chi connectivity index (χ2v) is 10.7. The molecule has 1 aliphatic heterocycles. The fourth-order valence-electron chi connectivity index (χ4n) is 5.20. The molecule has 2 N–H and O–H groups in total. The molecule has 4 aromatic rings. The Morgan fingerprint density at radius 3 is 1.79 bits per heavy atom. The summed E-state index contributed by atoms with van der Waals surface area (Å²) in [5, 5.41) is 12.0. The first-order chi connectivity index (χ1) is 21.0. The van der Waals surface area contributed by atoms with E-state index in [1.54, 1.807) is 24.3 Å². The number of nitrogens with one attached hydrogen (secondary N) is 2. The first-order valence-corrected chi connectivity index (χ1v) is 14.5. The van der Waals surface area contributed by atoms with Gasteiger partial charge < -0.3 is 24.9 Å². The first-order valence-electron chi connectivity index (χ1n) is 14.1. The van der Waals surface area contributed by atoms with Gasteiger partial charge in [0.2, 0.25) is 5.78 Å². The Hall–Kier alpha value is -4.82. The molecule has 7 nitrogen and oxygen atoms in total. The summed E-state index contributed by atoms with van der Waals surface area (Å²) in [5.41, 5.74) is 3.02. The van der Waals surface area contributed by atoms with Crippen LogP contribution < -0.4 is 5.32 Å². The van der Waals surface area contributed by atoms with Gasteiger partial charge >= 0.3 is 11.3 Å². The Bertz CT molecular complexity index is 1530. The second-order valence-electron chi connectivity index (χ2n) is 10.3. The van der Waals surface area contributed by atoms with Crippen molar-refractivity contribution < 1.29 is 23.8 Å². The molecule has 218 valence electrons. The highest BCUT2D eigenvalue weighted by Crippen LogP contribution is 2.31. The third-order valence-corrected chi connectivity index (χ3v) is 7.54. The highest BCUT2D eigenvalue weighted by atomic mass is 32.1. The number of hydrogen-bond acceptors (Lipinski definition) is 7. The molecule has 1 heterocycles. The smallest absolute Gasteiger partial charge is 0.407 e. The van der Waals surface area contributed by atoms with E-state index in [9.17, 15) is 9.59 Å². The SMILES string of the molecule is N=C(C(=O)c1ccccc1)[C@H](Cc1ccccc1)[C@@H]1OC(=S)O[C@H]1[C@@H](Cc1ccccc1)NC(=O)OCc1ccccc1. The minimum Gasteiger partial charge on any atom is -0.449 e. The normalized spacial score (nSPS) is 17.2. The van der Waals surface area contributed by atoms with Gasteiger partial charge in [-0.3, -0.25) is 4.79 Å². The third kappa shape index (κ3) is 7.93. The average molecular weight is 593 g/mol. The van der Waals surface area contributed by atoms with Crippen LogP contribution in [0.15, 0.2) is 121 Å². The lowest BCUT2D eigenvalue weighted by Crippen LogP contribution is -2.52. The summed E-state index contributed by atoms with van der Waals surface area (Å²) >= 11 is 5.37. The molecule has 0 radical (unpaired) electrons. The van der Waals surface area contributed by atoms with Crippen LogP contribution in [0, 0.1) is 11.3 Å². The van der Waals surface area contributed by atoms with Crippen molar-refractivity contribution in [3.05, 3.63) is 144 Å². The molecule has 0 aliphatic carbocycles. The van der Waals surface area contributed by atoms with E-state index in [-0.39, 0.29) is 17.6 Å². The van der Waals surface area contributed by atoms with Crippen LogP contribution >= 0.6 is 12.2 Å². The average Bonchev–Trinajstić information content (AvgIpc) is 3.44. The number of carbonyl (C=O) groups excluding carboxylic acids is 2. The van der Waals surface area contributed by atoms with Crippen molar-refractivity contribution in [1.29, 1.82) is 5.41 Å². The highest BCUT2D eigenvalue weighted by Gasteiger charge is 2.47. The number of Topliss-reactive ketones (excluding diaryl/α,β-unsaturated/α-hetero) is 1. The molecule has 43 heavy (non-hydrogen) atoms. The number of rotatable bonds is 12. The Morgan fingerprint density at radius 1 is 0.721 bits per heavy atom. The van der Waals surface area contributed by atoms with Gasteiger partial charge in [-0.05, 0) is 29.5 Å². The molecule has 1 saturated heterocycles. The number of hydrogen-bond donors (Lipinski definition) is 2. The number of ether oxygens (including phenoxy) is 3. The van der Waals surface area contributed by atoms with Crippen molar-refractivity contribution in [2.45, 2.75) is 37.7 Å². The number of ketones is 1. The van der Waals surface area contributed by atoms with Gasteiger partial charge in [0.05, 0.1) is 11.8 Å². The van der Waals surface area contributed by atoms with Crippen LogP contribution in [-0.4, -0.2) is 41.1 Å². The molecule has 0 unspecified atom stereocenters. The van der Waals surface area contributed by atoms with Gasteiger partial charge in [0.1, 0.15) is 6.61 Å². The Balaban J connectivity index is 1.44.